The first-order valence-corrected chi connectivity index (χ1v) is 5.82. The van der Waals surface area contributed by atoms with Crippen LogP contribution in [-0.4, -0.2) is 57.1 Å². The van der Waals surface area contributed by atoms with E-state index in [1.807, 2.05) is 0 Å². The highest BCUT2D eigenvalue weighted by molar-refractivity contribution is 5.85. The van der Waals surface area contributed by atoms with Crippen LogP contribution in [0.5, 0.6) is 0 Å². The second kappa shape index (κ2) is 8.61. The molecule has 1 amide bonds. The van der Waals surface area contributed by atoms with E-state index in [0.717, 1.165) is 13.1 Å². The van der Waals surface area contributed by atoms with Gasteiger partial charge in [0.1, 0.15) is 0 Å². The summed E-state index contributed by atoms with van der Waals surface area (Å²) < 4.78 is 29.6. The number of hydrogen-bond acceptors (Lipinski definition) is 3. The van der Waals surface area contributed by atoms with Crippen LogP contribution in [0, 0.1) is 11.8 Å². The molecule has 1 aliphatic heterocycles. The maximum Gasteiger partial charge on any atom is 0.255 e. The lowest BCUT2D eigenvalue weighted by Crippen LogP contribution is -2.51. The van der Waals surface area contributed by atoms with Gasteiger partial charge in [-0.05, 0) is 19.0 Å². The normalized spacial score (nSPS) is 16.9. The molecule has 0 aromatic heterocycles. The minimum absolute atomic E-state index is 0. The molecule has 0 radical (unpaired) electrons. The van der Waals surface area contributed by atoms with Crippen LogP contribution in [0.25, 0.3) is 0 Å². The molecule has 1 unspecified atom stereocenters. The van der Waals surface area contributed by atoms with Crippen molar-refractivity contribution >= 4 is 18.3 Å². The maximum absolute atomic E-state index is 12.4. The molecule has 1 fully saturated rings. The lowest BCUT2D eigenvalue weighted by Gasteiger charge is -2.35. The van der Waals surface area contributed by atoms with E-state index in [2.05, 4.69) is 5.32 Å². The van der Waals surface area contributed by atoms with E-state index in [0.29, 0.717) is 0 Å². The van der Waals surface area contributed by atoms with Gasteiger partial charge in [-0.3, -0.25) is 4.79 Å². The summed E-state index contributed by atoms with van der Waals surface area (Å²) in [7, 11) is 1.49. The standard InChI is InChI=1S/C11H20F2N2O2.ClH/c1-8(9-5-14-6-9)11(16)15(3-4-17-2)7-10(12)13;/h8-10,14H,3-7H2,1-2H3;1H. The molecule has 0 aromatic rings. The van der Waals surface area contributed by atoms with Crippen molar-refractivity contribution in [3.05, 3.63) is 0 Å². The molecule has 4 nitrogen and oxygen atoms in total. The number of ether oxygens (including phenoxy) is 1. The minimum atomic E-state index is -2.50. The van der Waals surface area contributed by atoms with Crippen LogP contribution >= 0.6 is 12.4 Å². The third kappa shape index (κ3) is 5.04. The fourth-order valence-electron chi connectivity index (χ4n) is 1.81. The first kappa shape index (κ1) is 17.5. The number of nitrogens with zero attached hydrogens (tertiary/aromatic N) is 1. The summed E-state index contributed by atoms with van der Waals surface area (Å²) in [5.41, 5.74) is 0. The van der Waals surface area contributed by atoms with Gasteiger partial charge in [0.2, 0.25) is 5.91 Å². The van der Waals surface area contributed by atoms with Crippen molar-refractivity contribution in [2.24, 2.45) is 11.8 Å². The average Bonchev–Trinajstić information content (AvgIpc) is 2.20. The quantitative estimate of drug-likeness (QED) is 0.759. The van der Waals surface area contributed by atoms with Gasteiger partial charge < -0.3 is 15.0 Å². The molecule has 1 heterocycles. The van der Waals surface area contributed by atoms with Crippen molar-refractivity contribution in [3.8, 4) is 0 Å². The second-order valence-electron chi connectivity index (χ2n) is 4.38. The van der Waals surface area contributed by atoms with Crippen molar-refractivity contribution in [3.63, 3.8) is 0 Å². The number of nitrogens with one attached hydrogen (secondary N) is 1. The third-order valence-electron chi connectivity index (χ3n) is 3.15. The van der Waals surface area contributed by atoms with Crippen LogP contribution in [0.3, 0.4) is 0 Å². The van der Waals surface area contributed by atoms with E-state index in [4.69, 9.17) is 4.74 Å². The average molecular weight is 287 g/mol. The summed E-state index contributed by atoms with van der Waals surface area (Å²) in [6.07, 6.45) is -2.50. The minimum Gasteiger partial charge on any atom is -0.383 e. The zero-order valence-corrected chi connectivity index (χ0v) is 11.5. The summed E-state index contributed by atoms with van der Waals surface area (Å²) in [5.74, 6) is -0.133. The number of carbonyl (C=O) groups is 1. The molecule has 108 valence electrons. The largest absolute Gasteiger partial charge is 0.383 e. The van der Waals surface area contributed by atoms with Crippen LogP contribution in [0.2, 0.25) is 0 Å². The molecule has 0 saturated carbocycles. The van der Waals surface area contributed by atoms with Gasteiger partial charge in [0.15, 0.2) is 0 Å². The van der Waals surface area contributed by atoms with Gasteiger partial charge in [-0.15, -0.1) is 12.4 Å². The summed E-state index contributed by atoms with van der Waals surface area (Å²) >= 11 is 0. The molecule has 0 bridgehead atoms. The van der Waals surface area contributed by atoms with Gasteiger partial charge in [-0.2, -0.15) is 0 Å². The SMILES string of the molecule is COCCN(CC(F)F)C(=O)C(C)C1CNC1.Cl. The smallest absolute Gasteiger partial charge is 0.255 e. The highest BCUT2D eigenvalue weighted by Gasteiger charge is 2.32. The van der Waals surface area contributed by atoms with Crippen LogP contribution in [0.15, 0.2) is 0 Å². The number of carbonyl (C=O) groups excluding carboxylic acids is 1. The highest BCUT2D eigenvalue weighted by Crippen LogP contribution is 2.18. The summed E-state index contributed by atoms with van der Waals surface area (Å²) in [6, 6.07) is 0. The van der Waals surface area contributed by atoms with Crippen molar-refractivity contribution in [2.45, 2.75) is 13.3 Å². The fraction of sp³-hybridized carbons (Fsp3) is 0.909. The molecule has 1 saturated heterocycles. The van der Waals surface area contributed by atoms with Gasteiger partial charge in [-0.25, -0.2) is 8.78 Å². The molecule has 1 aliphatic rings. The van der Waals surface area contributed by atoms with Gasteiger partial charge in [0, 0.05) is 19.6 Å². The summed E-state index contributed by atoms with van der Waals surface area (Å²) in [5, 5.41) is 3.08. The monoisotopic (exact) mass is 286 g/mol. The van der Waals surface area contributed by atoms with Crippen LogP contribution in [0.4, 0.5) is 8.78 Å². The Kier molecular flexibility index (Phi) is 8.39. The van der Waals surface area contributed by atoms with E-state index >= 15 is 0 Å². The molecular formula is C11H21ClF2N2O2. The van der Waals surface area contributed by atoms with Gasteiger partial charge >= 0.3 is 0 Å². The number of amides is 1. The van der Waals surface area contributed by atoms with Gasteiger partial charge in [0.05, 0.1) is 13.2 Å². The number of hydrogen-bond donors (Lipinski definition) is 1. The lowest BCUT2D eigenvalue weighted by atomic mass is 9.88. The first-order chi connectivity index (χ1) is 8.06. The zero-order chi connectivity index (χ0) is 12.8. The predicted octanol–water partition coefficient (Wildman–Crippen LogP) is 1.00. The van der Waals surface area contributed by atoms with Gasteiger partial charge in [0.25, 0.3) is 6.43 Å². The Morgan fingerprint density at radius 2 is 2.11 bits per heavy atom. The van der Waals surface area contributed by atoms with E-state index in [-0.39, 0.29) is 43.3 Å². The number of halogens is 3. The summed E-state index contributed by atoms with van der Waals surface area (Å²) in [6.45, 7) is 3.39. The Balaban J connectivity index is 0.00000289. The molecule has 7 heteroatoms. The van der Waals surface area contributed by atoms with Crippen LogP contribution in [-0.2, 0) is 9.53 Å². The van der Waals surface area contributed by atoms with Crippen molar-refractivity contribution in [1.29, 1.82) is 0 Å². The molecule has 1 rings (SSSR count). The van der Waals surface area contributed by atoms with Crippen molar-refractivity contribution in [2.75, 3.05) is 39.9 Å². The topological polar surface area (TPSA) is 41.6 Å². The Morgan fingerprint density at radius 3 is 2.50 bits per heavy atom. The van der Waals surface area contributed by atoms with Crippen LogP contribution in [0.1, 0.15) is 6.92 Å². The zero-order valence-electron chi connectivity index (χ0n) is 10.7. The third-order valence-corrected chi connectivity index (χ3v) is 3.15. The highest BCUT2D eigenvalue weighted by atomic mass is 35.5. The summed E-state index contributed by atoms with van der Waals surface area (Å²) in [4.78, 5) is 13.2. The number of methoxy groups -OCH3 is 1. The van der Waals surface area contributed by atoms with E-state index in [1.54, 1.807) is 6.92 Å². The Labute approximate surface area is 112 Å². The Bertz CT molecular complexity index is 253. The van der Waals surface area contributed by atoms with Gasteiger partial charge in [-0.1, -0.05) is 6.92 Å². The van der Waals surface area contributed by atoms with Crippen LogP contribution < -0.4 is 5.32 Å². The lowest BCUT2D eigenvalue weighted by molar-refractivity contribution is -0.140. The maximum atomic E-state index is 12.4. The molecular weight excluding hydrogens is 266 g/mol. The molecule has 0 spiro atoms. The molecule has 1 atom stereocenters. The Morgan fingerprint density at radius 1 is 1.50 bits per heavy atom. The molecule has 0 aliphatic carbocycles. The van der Waals surface area contributed by atoms with Crippen molar-refractivity contribution in [1.82, 2.24) is 10.2 Å². The molecule has 18 heavy (non-hydrogen) atoms. The van der Waals surface area contributed by atoms with E-state index in [1.165, 1.54) is 12.0 Å². The Hall–Kier alpha value is -0.460. The molecule has 1 N–H and O–H groups in total. The molecule has 0 aromatic carbocycles. The number of rotatable bonds is 7. The predicted molar refractivity (Wildman–Crippen MR) is 67.2 cm³/mol. The van der Waals surface area contributed by atoms with E-state index < -0.39 is 13.0 Å². The van der Waals surface area contributed by atoms with E-state index in [9.17, 15) is 13.6 Å². The first-order valence-electron chi connectivity index (χ1n) is 5.82. The second-order valence-corrected chi connectivity index (χ2v) is 4.38. The van der Waals surface area contributed by atoms with Crippen molar-refractivity contribution < 1.29 is 18.3 Å². The number of alkyl halides is 2. The fourth-order valence-corrected chi connectivity index (χ4v) is 1.81.